The Morgan fingerprint density at radius 3 is 2.24 bits per heavy atom. The van der Waals surface area contributed by atoms with Gasteiger partial charge in [0.25, 0.3) is 0 Å². The minimum atomic E-state index is 0.509. The third-order valence-electron chi connectivity index (χ3n) is 3.31. The van der Waals surface area contributed by atoms with Gasteiger partial charge in [0.1, 0.15) is 0 Å². The number of rotatable bonds is 3. The predicted octanol–water partition coefficient (Wildman–Crippen LogP) is 1.50. The van der Waals surface area contributed by atoms with Crippen LogP contribution in [0.3, 0.4) is 0 Å². The molecule has 3 nitrogen and oxygen atoms in total. The maximum absolute atomic E-state index is 8.61. The Kier molecular flexibility index (Phi) is 4.13. The molecule has 0 aliphatic carbocycles. The number of likely N-dealkylation sites (N-methyl/N-ethyl adjacent to an activating group) is 1. The van der Waals surface area contributed by atoms with Crippen LogP contribution in [0.4, 0.5) is 0 Å². The summed E-state index contributed by atoms with van der Waals surface area (Å²) in [6, 6.07) is 10.6. The summed E-state index contributed by atoms with van der Waals surface area (Å²) in [7, 11) is 2.17. The van der Waals surface area contributed by atoms with Crippen molar-refractivity contribution in [3.63, 3.8) is 0 Å². The fourth-order valence-corrected chi connectivity index (χ4v) is 2.12. The molecule has 0 N–H and O–H groups in total. The minimum Gasteiger partial charge on any atom is -0.304 e. The van der Waals surface area contributed by atoms with E-state index in [-0.39, 0.29) is 0 Å². The van der Waals surface area contributed by atoms with E-state index in [2.05, 4.69) is 47.2 Å². The maximum atomic E-state index is 8.61. The molecule has 0 unspecified atom stereocenters. The van der Waals surface area contributed by atoms with Crippen molar-refractivity contribution in [3.8, 4) is 6.07 Å². The van der Waals surface area contributed by atoms with Gasteiger partial charge in [0.15, 0.2) is 0 Å². The average molecular weight is 229 g/mol. The lowest BCUT2D eigenvalue weighted by Gasteiger charge is -2.32. The summed E-state index contributed by atoms with van der Waals surface area (Å²) < 4.78 is 0. The van der Waals surface area contributed by atoms with Crippen LogP contribution in [0.5, 0.6) is 0 Å². The lowest BCUT2D eigenvalue weighted by atomic mass is 10.1. The van der Waals surface area contributed by atoms with Crippen molar-refractivity contribution in [1.29, 1.82) is 5.26 Å². The predicted molar refractivity (Wildman–Crippen MR) is 68.5 cm³/mol. The monoisotopic (exact) mass is 229 g/mol. The molecule has 0 atom stereocenters. The fraction of sp³-hybridized carbons (Fsp3) is 0.500. The van der Waals surface area contributed by atoms with E-state index in [4.69, 9.17) is 5.26 Å². The third kappa shape index (κ3) is 3.55. The van der Waals surface area contributed by atoms with E-state index in [9.17, 15) is 0 Å². The van der Waals surface area contributed by atoms with Gasteiger partial charge in [-0.1, -0.05) is 24.3 Å². The minimum absolute atomic E-state index is 0.509. The number of nitrogens with zero attached hydrogens (tertiary/aromatic N) is 3. The van der Waals surface area contributed by atoms with Gasteiger partial charge in [-0.2, -0.15) is 5.26 Å². The van der Waals surface area contributed by atoms with Gasteiger partial charge >= 0.3 is 0 Å². The van der Waals surface area contributed by atoms with E-state index in [1.807, 2.05) is 0 Å². The highest BCUT2D eigenvalue weighted by Crippen LogP contribution is 2.09. The van der Waals surface area contributed by atoms with Crippen LogP contribution in [0.15, 0.2) is 24.3 Å². The summed E-state index contributed by atoms with van der Waals surface area (Å²) in [5.74, 6) is 0. The van der Waals surface area contributed by atoms with Crippen molar-refractivity contribution in [2.24, 2.45) is 0 Å². The summed E-state index contributed by atoms with van der Waals surface area (Å²) in [5.41, 5.74) is 2.45. The fourth-order valence-electron chi connectivity index (χ4n) is 2.12. The zero-order chi connectivity index (χ0) is 12.1. The molecule has 1 aromatic rings. The van der Waals surface area contributed by atoms with Crippen molar-refractivity contribution in [2.75, 3.05) is 33.2 Å². The molecule has 1 aliphatic rings. The summed E-state index contributed by atoms with van der Waals surface area (Å²) >= 11 is 0. The van der Waals surface area contributed by atoms with Crippen molar-refractivity contribution < 1.29 is 0 Å². The van der Waals surface area contributed by atoms with Crippen molar-refractivity contribution in [3.05, 3.63) is 35.4 Å². The Hall–Kier alpha value is -1.37. The van der Waals surface area contributed by atoms with E-state index < -0.39 is 0 Å². The quantitative estimate of drug-likeness (QED) is 0.787. The Morgan fingerprint density at radius 2 is 1.65 bits per heavy atom. The van der Waals surface area contributed by atoms with Crippen LogP contribution in [0, 0.1) is 11.3 Å². The van der Waals surface area contributed by atoms with Crippen LogP contribution in [0.1, 0.15) is 11.1 Å². The maximum Gasteiger partial charge on any atom is 0.0669 e. The van der Waals surface area contributed by atoms with E-state index in [1.54, 1.807) is 0 Å². The second-order valence-electron chi connectivity index (χ2n) is 4.73. The molecule has 90 valence electrons. The lowest BCUT2D eigenvalue weighted by Crippen LogP contribution is -2.43. The molecule has 1 heterocycles. The molecule has 1 aliphatic heterocycles. The summed E-state index contributed by atoms with van der Waals surface area (Å²) in [6.07, 6.45) is 0.509. The highest BCUT2D eigenvalue weighted by atomic mass is 15.2. The van der Waals surface area contributed by atoms with Crippen molar-refractivity contribution >= 4 is 0 Å². The Labute approximate surface area is 103 Å². The molecule has 1 aromatic carbocycles. The highest BCUT2D eigenvalue weighted by molar-refractivity contribution is 5.24. The SMILES string of the molecule is CN1CCN(Cc2ccc(CC#N)cc2)CC1. The number of benzene rings is 1. The molecule has 1 saturated heterocycles. The largest absolute Gasteiger partial charge is 0.304 e. The molecular formula is C14H19N3. The molecule has 0 amide bonds. The first-order chi connectivity index (χ1) is 8.28. The van der Waals surface area contributed by atoms with E-state index >= 15 is 0 Å². The molecule has 2 rings (SSSR count). The first-order valence-corrected chi connectivity index (χ1v) is 6.13. The molecule has 0 spiro atoms. The first-order valence-electron chi connectivity index (χ1n) is 6.13. The van der Waals surface area contributed by atoms with Crippen LogP contribution in [-0.4, -0.2) is 43.0 Å². The molecule has 0 bridgehead atoms. The van der Waals surface area contributed by atoms with E-state index in [1.165, 1.54) is 5.56 Å². The smallest absolute Gasteiger partial charge is 0.0669 e. The number of hydrogen-bond donors (Lipinski definition) is 0. The highest BCUT2D eigenvalue weighted by Gasteiger charge is 2.13. The number of hydrogen-bond acceptors (Lipinski definition) is 3. The zero-order valence-electron chi connectivity index (χ0n) is 10.4. The standard InChI is InChI=1S/C14H19N3/c1-16-8-10-17(11-9-16)12-14-4-2-13(3-5-14)6-7-15/h2-5H,6,8-12H2,1H3. The van der Waals surface area contributed by atoms with E-state index in [0.29, 0.717) is 6.42 Å². The zero-order valence-corrected chi connectivity index (χ0v) is 10.4. The molecule has 17 heavy (non-hydrogen) atoms. The van der Waals surface area contributed by atoms with E-state index in [0.717, 1.165) is 38.3 Å². The van der Waals surface area contributed by atoms with Gasteiger partial charge in [-0.05, 0) is 18.2 Å². The molecular weight excluding hydrogens is 210 g/mol. The average Bonchev–Trinajstić information content (AvgIpc) is 2.35. The second-order valence-corrected chi connectivity index (χ2v) is 4.73. The number of nitriles is 1. The third-order valence-corrected chi connectivity index (χ3v) is 3.31. The topological polar surface area (TPSA) is 30.3 Å². The van der Waals surface area contributed by atoms with Gasteiger partial charge in [0.2, 0.25) is 0 Å². The van der Waals surface area contributed by atoms with Gasteiger partial charge in [-0.3, -0.25) is 4.90 Å². The molecule has 0 radical (unpaired) electrons. The molecule has 3 heteroatoms. The van der Waals surface area contributed by atoms with Crippen molar-refractivity contribution in [2.45, 2.75) is 13.0 Å². The summed E-state index contributed by atoms with van der Waals surface area (Å²) in [6.45, 7) is 5.65. The Balaban J connectivity index is 1.88. The van der Waals surface area contributed by atoms with Crippen LogP contribution >= 0.6 is 0 Å². The number of piperazine rings is 1. The van der Waals surface area contributed by atoms with Crippen LogP contribution in [0.2, 0.25) is 0 Å². The van der Waals surface area contributed by atoms with Crippen LogP contribution in [0.25, 0.3) is 0 Å². The Bertz CT molecular complexity index is 383. The van der Waals surface area contributed by atoms with Gasteiger partial charge < -0.3 is 4.90 Å². The van der Waals surface area contributed by atoms with Gasteiger partial charge in [-0.15, -0.1) is 0 Å². The van der Waals surface area contributed by atoms with Gasteiger partial charge in [0, 0.05) is 32.7 Å². The Morgan fingerprint density at radius 1 is 1.06 bits per heavy atom. The summed E-state index contributed by atoms with van der Waals surface area (Å²) in [5, 5.41) is 8.61. The molecule has 0 aromatic heterocycles. The lowest BCUT2D eigenvalue weighted by molar-refractivity contribution is 0.148. The summed E-state index contributed by atoms with van der Waals surface area (Å²) in [4.78, 5) is 4.85. The molecule has 1 fully saturated rings. The van der Waals surface area contributed by atoms with Crippen LogP contribution < -0.4 is 0 Å². The van der Waals surface area contributed by atoms with Gasteiger partial charge in [0.05, 0.1) is 12.5 Å². The van der Waals surface area contributed by atoms with Crippen LogP contribution in [-0.2, 0) is 13.0 Å². The van der Waals surface area contributed by atoms with Gasteiger partial charge in [-0.25, -0.2) is 0 Å². The van der Waals surface area contributed by atoms with Crippen molar-refractivity contribution in [1.82, 2.24) is 9.80 Å². The normalized spacial score (nSPS) is 17.9. The first kappa shape index (κ1) is 12.1. The second kappa shape index (κ2) is 5.81. The molecule has 0 saturated carbocycles.